The summed E-state index contributed by atoms with van der Waals surface area (Å²) in [5.41, 5.74) is 1.15. The zero-order valence-corrected chi connectivity index (χ0v) is 12.3. The van der Waals surface area contributed by atoms with Crippen molar-refractivity contribution in [3.63, 3.8) is 0 Å². The van der Waals surface area contributed by atoms with Crippen LogP contribution in [0.3, 0.4) is 0 Å². The number of sulfone groups is 1. The number of nitrogens with one attached hydrogen (secondary N) is 1. The second-order valence-corrected chi connectivity index (χ2v) is 8.13. The molecule has 6 heteroatoms. The van der Waals surface area contributed by atoms with Gasteiger partial charge in [0.05, 0.1) is 22.2 Å². The highest BCUT2D eigenvalue weighted by molar-refractivity contribution is 7.91. The minimum atomic E-state index is -2.74. The summed E-state index contributed by atoms with van der Waals surface area (Å²) in [5, 5.41) is 6.39. The van der Waals surface area contributed by atoms with Gasteiger partial charge in [-0.3, -0.25) is 0 Å². The average molecular weight is 288 g/mol. The van der Waals surface area contributed by atoms with Gasteiger partial charge in [0, 0.05) is 24.8 Å². The molecule has 0 unspecified atom stereocenters. The number of hydrogen-bond acceptors (Lipinski definition) is 5. The summed E-state index contributed by atoms with van der Waals surface area (Å²) in [6, 6.07) is 0. The first-order valence-electron chi connectivity index (χ1n) is 6.37. The molecule has 0 aliphatic carbocycles. The molecule has 0 bridgehead atoms. The lowest BCUT2D eigenvalue weighted by Crippen LogP contribution is -2.24. The van der Waals surface area contributed by atoms with Gasteiger partial charge in [0.1, 0.15) is 9.84 Å². The Hall–Kier alpha value is -0.460. The molecule has 0 spiro atoms. The SMILES string of the molecule is CNCCc1csc(CC2CCS(=O)(=O)CC2)n1. The summed E-state index contributed by atoms with van der Waals surface area (Å²) in [6.07, 6.45) is 3.51. The number of hydrogen-bond donors (Lipinski definition) is 1. The fraction of sp³-hybridized carbons (Fsp3) is 0.750. The van der Waals surface area contributed by atoms with Crippen LogP contribution in [0.5, 0.6) is 0 Å². The maximum Gasteiger partial charge on any atom is 0.150 e. The molecule has 18 heavy (non-hydrogen) atoms. The number of nitrogens with zero attached hydrogens (tertiary/aromatic N) is 1. The number of rotatable bonds is 5. The molecule has 0 saturated carbocycles. The molecule has 2 rings (SSSR count). The lowest BCUT2D eigenvalue weighted by Gasteiger charge is -2.20. The van der Waals surface area contributed by atoms with E-state index in [1.165, 1.54) is 0 Å². The zero-order valence-electron chi connectivity index (χ0n) is 10.7. The van der Waals surface area contributed by atoms with Crippen LogP contribution >= 0.6 is 11.3 Å². The van der Waals surface area contributed by atoms with Crippen molar-refractivity contribution in [2.45, 2.75) is 25.7 Å². The Kier molecular flexibility index (Phi) is 4.75. The topological polar surface area (TPSA) is 59.1 Å². The van der Waals surface area contributed by atoms with Gasteiger partial charge >= 0.3 is 0 Å². The Morgan fingerprint density at radius 2 is 2.17 bits per heavy atom. The van der Waals surface area contributed by atoms with E-state index in [-0.39, 0.29) is 0 Å². The summed E-state index contributed by atoms with van der Waals surface area (Å²) in [6.45, 7) is 0.949. The molecule has 1 aromatic rings. The fourth-order valence-electron chi connectivity index (χ4n) is 2.20. The molecule has 1 saturated heterocycles. The van der Waals surface area contributed by atoms with Gasteiger partial charge in [0.25, 0.3) is 0 Å². The van der Waals surface area contributed by atoms with Crippen LogP contribution in [0.4, 0.5) is 0 Å². The van der Waals surface area contributed by atoms with E-state index < -0.39 is 9.84 Å². The fourth-order valence-corrected chi connectivity index (χ4v) is 4.73. The van der Waals surface area contributed by atoms with Crippen LogP contribution in [0.1, 0.15) is 23.5 Å². The first-order chi connectivity index (χ1) is 8.59. The van der Waals surface area contributed by atoms with Crippen molar-refractivity contribution in [1.29, 1.82) is 0 Å². The second-order valence-electron chi connectivity index (χ2n) is 4.89. The maximum atomic E-state index is 11.4. The maximum absolute atomic E-state index is 11.4. The third kappa shape index (κ3) is 4.03. The van der Waals surface area contributed by atoms with Crippen LogP contribution in [-0.2, 0) is 22.7 Å². The van der Waals surface area contributed by atoms with Gasteiger partial charge < -0.3 is 5.32 Å². The summed E-state index contributed by atoms with van der Waals surface area (Å²) in [4.78, 5) is 4.61. The van der Waals surface area contributed by atoms with E-state index in [9.17, 15) is 8.42 Å². The smallest absolute Gasteiger partial charge is 0.150 e. The van der Waals surface area contributed by atoms with E-state index in [0.29, 0.717) is 17.4 Å². The number of likely N-dealkylation sites (N-methyl/N-ethyl adjacent to an activating group) is 1. The highest BCUT2D eigenvalue weighted by Gasteiger charge is 2.24. The Bertz CT molecular complexity index is 468. The average Bonchev–Trinajstić information content (AvgIpc) is 2.77. The van der Waals surface area contributed by atoms with Gasteiger partial charge in [-0.2, -0.15) is 0 Å². The van der Waals surface area contributed by atoms with E-state index in [1.54, 1.807) is 11.3 Å². The Labute approximate surface area is 113 Å². The van der Waals surface area contributed by atoms with Gasteiger partial charge in [-0.1, -0.05) is 0 Å². The van der Waals surface area contributed by atoms with Crippen LogP contribution in [0, 0.1) is 5.92 Å². The molecule has 1 aromatic heterocycles. The zero-order chi connectivity index (χ0) is 13.0. The van der Waals surface area contributed by atoms with Crippen molar-refractivity contribution in [3.05, 3.63) is 16.1 Å². The highest BCUT2D eigenvalue weighted by atomic mass is 32.2. The van der Waals surface area contributed by atoms with Gasteiger partial charge in [-0.25, -0.2) is 13.4 Å². The van der Waals surface area contributed by atoms with Gasteiger partial charge in [-0.15, -0.1) is 11.3 Å². The largest absolute Gasteiger partial charge is 0.319 e. The van der Waals surface area contributed by atoms with Gasteiger partial charge in [0.15, 0.2) is 0 Å². The normalized spacial score (nSPS) is 20.1. The van der Waals surface area contributed by atoms with E-state index in [4.69, 9.17) is 0 Å². The van der Waals surface area contributed by atoms with Crippen molar-refractivity contribution in [2.75, 3.05) is 25.1 Å². The van der Waals surface area contributed by atoms with E-state index >= 15 is 0 Å². The lowest BCUT2D eigenvalue weighted by atomic mass is 9.99. The van der Waals surface area contributed by atoms with Crippen molar-refractivity contribution in [3.8, 4) is 0 Å². The highest BCUT2D eigenvalue weighted by Crippen LogP contribution is 2.24. The standard InChI is InChI=1S/C12H20N2O2S2/c1-13-5-2-11-9-17-12(14-11)8-10-3-6-18(15,16)7-4-10/h9-10,13H,2-8H2,1H3. The van der Waals surface area contributed by atoms with Crippen LogP contribution in [0.15, 0.2) is 5.38 Å². The molecular weight excluding hydrogens is 268 g/mol. The summed E-state index contributed by atoms with van der Waals surface area (Å²) >= 11 is 1.71. The molecule has 0 atom stereocenters. The van der Waals surface area contributed by atoms with E-state index in [0.717, 1.165) is 42.9 Å². The second kappa shape index (κ2) is 6.12. The molecule has 102 valence electrons. The third-order valence-electron chi connectivity index (χ3n) is 3.37. The molecule has 0 radical (unpaired) electrons. The molecule has 0 aromatic carbocycles. The van der Waals surface area contributed by atoms with Crippen molar-refractivity contribution in [2.24, 2.45) is 5.92 Å². The lowest BCUT2D eigenvalue weighted by molar-refractivity contribution is 0.462. The van der Waals surface area contributed by atoms with Crippen molar-refractivity contribution in [1.82, 2.24) is 10.3 Å². The first kappa shape index (κ1) is 14.0. The van der Waals surface area contributed by atoms with E-state index in [1.807, 2.05) is 7.05 Å². The summed E-state index contributed by atoms with van der Waals surface area (Å²) in [7, 11) is -0.800. The van der Waals surface area contributed by atoms with E-state index in [2.05, 4.69) is 15.7 Å². The first-order valence-corrected chi connectivity index (χ1v) is 9.07. The predicted octanol–water partition coefficient (Wildman–Crippen LogP) is 1.27. The molecule has 2 heterocycles. The molecule has 1 N–H and O–H groups in total. The molecule has 1 fully saturated rings. The Morgan fingerprint density at radius 3 is 2.83 bits per heavy atom. The number of thiazole rings is 1. The molecule has 4 nitrogen and oxygen atoms in total. The van der Waals surface area contributed by atoms with Crippen LogP contribution < -0.4 is 5.32 Å². The summed E-state index contributed by atoms with van der Waals surface area (Å²) in [5.74, 6) is 1.21. The molecule has 1 aliphatic heterocycles. The van der Waals surface area contributed by atoms with Gasteiger partial charge in [-0.05, 0) is 25.8 Å². The molecule has 0 amide bonds. The Balaban J connectivity index is 1.84. The van der Waals surface area contributed by atoms with Crippen LogP contribution in [0.2, 0.25) is 0 Å². The quantitative estimate of drug-likeness (QED) is 0.886. The monoisotopic (exact) mass is 288 g/mol. The van der Waals surface area contributed by atoms with Gasteiger partial charge in [0.2, 0.25) is 0 Å². The number of aromatic nitrogens is 1. The van der Waals surface area contributed by atoms with Crippen molar-refractivity contribution < 1.29 is 8.42 Å². The molecular formula is C12H20N2O2S2. The molecule has 1 aliphatic rings. The third-order valence-corrected chi connectivity index (χ3v) is 6.00. The minimum Gasteiger partial charge on any atom is -0.319 e. The summed E-state index contributed by atoms with van der Waals surface area (Å²) < 4.78 is 22.7. The van der Waals surface area contributed by atoms with Crippen LogP contribution in [-0.4, -0.2) is 38.5 Å². The minimum absolute atomic E-state index is 0.357. The Morgan fingerprint density at radius 1 is 1.44 bits per heavy atom. The van der Waals surface area contributed by atoms with Crippen LogP contribution in [0.25, 0.3) is 0 Å². The van der Waals surface area contributed by atoms with Crippen molar-refractivity contribution >= 4 is 21.2 Å². The predicted molar refractivity (Wildman–Crippen MR) is 74.8 cm³/mol.